The fourth-order valence-corrected chi connectivity index (χ4v) is 4.19. The number of methoxy groups -OCH3 is 1. The second kappa shape index (κ2) is 10.6. The first kappa shape index (κ1) is 28.9. The summed E-state index contributed by atoms with van der Waals surface area (Å²) in [4.78, 5) is 28.6. The Balaban J connectivity index is 0.00000121. The predicted octanol–water partition coefficient (Wildman–Crippen LogP) is 4.71. The number of hydrogen-bond donors (Lipinski definition) is 1. The third-order valence-corrected chi connectivity index (χ3v) is 6.69. The Labute approximate surface area is 218 Å². The Morgan fingerprint density at radius 2 is 1.76 bits per heavy atom. The van der Waals surface area contributed by atoms with Crippen molar-refractivity contribution < 1.29 is 32.8 Å². The quantitative estimate of drug-likeness (QED) is 0.470. The van der Waals surface area contributed by atoms with Crippen LogP contribution in [-0.4, -0.2) is 73.5 Å². The molecule has 37 heavy (non-hydrogen) atoms. The van der Waals surface area contributed by atoms with Crippen molar-refractivity contribution in [2.75, 3.05) is 27.3 Å². The van der Waals surface area contributed by atoms with Crippen LogP contribution in [-0.2, 0) is 18.8 Å². The third kappa shape index (κ3) is 6.08. The van der Waals surface area contributed by atoms with Crippen LogP contribution in [0.3, 0.4) is 0 Å². The normalized spacial score (nSPS) is 18.8. The van der Waals surface area contributed by atoms with E-state index >= 15 is 4.39 Å². The van der Waals surface area contributed by atoms with E-state index in [9.17, 15) is 9.59 Å². The Kier molecular flexibility index (Phi) is 8.27. The zero-order valence-electron chi connectivity index (χ0n) is 23.3. The fraction of sp³-hybridized carbons (Fsp3) is 0.556. The molecule has 0 bridgehead atoms. The first-order valence-electron chi connectivity index (χ1n) is 12.4. The molecule has 0 unspecified atom stereocenters. The molecule has 2 aliphatic heterocycles. The fourth-order valence-electron chi connectivity index (χ4n) is 4.19. The van der Waals surface area contributed by atoms with Gasteiger partial charge < -0.3 is 28.7 Å². The minimum atomic E-state index is -0.742. The molecule has 8 nitrogen and oxygen atoms in total. The lowest BCUT2D eigenvalue weighted by atomic mass is 9.75. The van der Waals surface area contributed by atoms with Crippen molar-refractivity contribution in [2.24, 2.45) is 0 Å². The highest BCUT2D eigenvalue weighted by molar-refractivity contribution is 6.65. The van der Waals surface area contributed by atoms with Gasteiger partial charge in [-0.1, -0.05) is 12.1 Å². The molecular weight excluding hydrogens is 478 g/mol. The van der Waals surface area contributed by atoms with Crippen molar-refractivity contribution in [1.29, 1.82) is 0 Å². The van der Waals surface area contributed by atoms with Crippen LogP contribution in [0, 0.1) is 5.82 Å². The van der Waals surface area contributed by atoms with Gasteiger partial charge in [0.1, 0.15) is 5.60 Å². The molecule has 3 heterocycles. The maximum Gasteiger partial charge on any atom is 0.495 e. The summed E-state index contributed by atoms with van der Waals surface area (Å²) in [6.45, 7) is 13.9. The van der Waals surface area contributed by atoms with Crippen LogP contribution < -0.4 is 5.46 Å². The Morgan fingerprint density at radius 1 is 1.16 bits per heavy atom. The number of aromatic nitrogens is 1. The second-order valence-corrected chi connectivity index (χ2v) is 11.4. The molecule has 1 amide bonds. The van der Waals surface area contributed by atoms with Crippen LogP contribution in [0.15, 0.2) is 18.2 Å². The molecule has 202 valence electrons. The number of benzene rings is 1. The summed E-state index contributed by atoms with van der Waals surface area (Å²) in [6, 6.07) is 3.32. The number of nitrogens with zero attached hydrogens (tertiary/aromatic N) is 1. The lowest BCUT2D eigenvalue weighted by molar-refractivity contribution is 0.00578. The van der Waals surface area contributed by atoms with Crippen LogP contribution in [0.5, 0.6) is 0 Å². The van der Waals surface area contributed by atoms with E-state index in [1.54, 1.807) is 31.3 Å². The van der Waals surface area contributed by atoms with E-state index in [4.69, 9.17) is 14.0 Å². The highest BCUT2D eigenvalue weighted by Gasteiger charge is 2.52. The van der Waals surface area contributed by atoms with E-state index in [-0.39, 0.29) is 17.8 Å². The number of carbonyl (C=O) groups excluding carboxylic acids is 2. The molecule has 2 aliphatic rings. The van der Waals surface area contributed by atoms with Crippen LogP contribution in [0.25, 0.3) is 16.5 Å². The summed E-state index contributed by atoms with van der Waals surface area (Å²) in [7, 11) is 2.51. The number of aldehydes is 1. The molecule has 0 spiro atoms. The van der Waals surface area contributed by atoms with Crippen LogP contribution >= 0.6 is 0 Å². The number of carbonyl (C=O) groups is 2. The summed E-state index contributed by atoms with van der Waals surface area (Å²) in [5.74, 6) is -0.486. The second-order valence-electron chi connectivity index (χ2n) is 11.4. The maximum atomic E-state index is 15.8. The smallest absolute Gasteiger partial charge is 0.444 e. The van der Waals surface area contributed by atoms with Gasteiger partial charge in [-0.2, -0.15) is 0 Å². The van der Waals surface area contributed by atoms with Gasteiger partial charge in [-0.15, -0.1) is 0 Å². The molecule has 0 radical (unpaired) electrons. The van der Waals surface area contributed by atoms with Gasteiger partial charge in [0.15, 0.2) is 12.1 Å². The Bertz CT molecular complexity index is 1180. The molecule has 1 aromatic heterocycles. The lowest BCUT2D eigenvalue weighted by Crippen LogP contribution is -2.41. The summed E-state index contributed by atoms with van der Waals surface area (Å²) < 4.78 is 38.0. The van der Waals surface area contributed by atoms with E-state index in [0.29, 0.717) is 41.2 Å². The van der Waals surface area contributed by atoms with E-state index in [1.165, 1.54) is 0 Å². The van der Waals surface area contributed by atoms with Crippen molar-refractivity contribution in [3.05, 3.63) is 35.3 Å². The molecule has 1 aromatic carbocycles. The van der Waals surface area contributed by atoms with E-state index < -0.39 is 35.8 Å². The van der Waals surface area contributed by atoms with Crippen molar-refractivity contribution in [2.45, 2.75) is 71.7 Å². The van der Waals surface area contributed by atoms with Gasteiger partial charge in [0, 0.05) is 38.3 Å². The summed E-state index contributed by atoms with van der Waals surface area (Å²) >= 11 is 0. The Hall–Kier alpha value is -2.69. The SMILES string of the molecule is CC(C)(C)OC(=O)N1CCC=C(c2cc(B3OC(C)(C)C(C)(C)O3)c3cc(C=O)[nH]c3c2F)C1.COC. The number of amides is 1. The predicted molar refractivity (Wildman–Crippen MR) is 143 cm³/mol. The molecule has 1 saturated heterocycles. The average molecular weight is 516 g/mol. The zero-order valence-corrected chi connectivity index (χ0v) is 23.3. The average Bonchev–Trinajstić information content (AvgIpc) is 3.32. The molecule has 10 heteroatoms. The van der Waals surface area contributed by atoms with Gasteiger partial charge in [0.2, 0.25) is 0 Å². The number of nitrogens with one attached hydrogen (secondary N) is 1. The van der Waals surface area contributed by atoms with Crippen molar-refractivity contribution in [1.82, 2.24) is 9.88 Å². The third-order valence-electron chi connectivity index (χ3n) is 6.69. The monoisotopic (exact) mass is 516 g/mol. The minimum Gasteiger partial charge on any atom is -0.444 e. The highest BCUT2D eigenvalue weighted by Crippen LogP contribution is 2.38. The highest BCUT2D eigenvalue weighted by atomic mass is 19.1. The van der Waals surface area contributed by atoms with Gasteiger partial charge >= 0.3 is 13.2 Å². The molecule has 1 fully saturated rings. The maximum absolute atomic E-state index is 15.8. The number of halogens is 1. The van der Waals surface area contributed by atoms with Crippen molar-refractivity contribution >= 4 is 41.4 Å². The molecular formula is C27H38BFN2O6. The van der Waals surface area contributed by atoms with Crippen LogP contribution in [0.1, 0.15) is 70.9 Å². The minimum absolute atomic E-state index is 0.208. The molecule has 0 atom stereocenters. The Morgan fingerprint density at radius 3 is 2.30 bits per heavy atom. The number of H-pyrrole nitrogens is 1. The molecule has 2 aromatic rings. The van der Waals surface area contributed by atoms with E-state index in [1.807, 2.05) is 54.5 Å². The van der Waals surface area contributed by atoms with Crippen molar-refractivity contribution in [3.63, 3.8) is 0 Å². The number of rotatable bonds is 3. The molecule has 0 saturated carbocycles. The van der Waals surface area contributed by atoms with Crippen LogP contribution in [0.2, 0.25) is 0 Å². The number of fused-ring (bicyclic) bond motifs is 1. The number of hydrogen-bond acceptors (Lipinski definition) is 6. The summed E-state index contributed by atoms with van der Waals surface area (Å²) in [5, 5.41) is 0.530. The first-order chi connectivity index (χ1) is 17.1. The largest absolute Gasteiger partial charge is 0.495 e. The molecule has 1 N–H and O–H groups in total. The first-order valence-corrected chi connectivity index (χ1v) is 12.4. The molecule has 4 rings (SSSR count). The van der Waals surface area contributed by atoms with Crippen LogP contribution in [0.4, 0.5) is 9.18 Å². The zero-order chi connectivity index (χ0) is 27.8. The van der Waals surface area contributed by atoms with Gasteiger partial charge in [0.25, 0.3) is 0 Å². The van der Waals surface area contributed by atoms with E-state index in [2.05, 4.69) is 9.72 Å². The topological polar surface area (TPSA) is 90.1 Å². The standard InChI is InChI=1S/C25H32BFN2O5.C2H6O/c1-23(2,3)32-22(31)29-10-8-9-15(13-29)17-12-19(26-33-24(4,5)25(6,7)34-26)18-11-16(14-30)28-21(18)20(17)27;1-3-2/h9,11-12,14,28H,8,10,13H2,1-7H3;1-2H3. The summed E-state index contributed by atoms with van der Waals surface area (Å²) in [5.41, 5.74) is 0.310. The van der Waals surface area contributed by atoms with Gasteiger partial charge in [0.05, 0.1) is 22.4 Å². The molecule has 0 aliphatic carbocycles. The van der Waals surface area contributed by atoms with Crippen molar-refractivity contribution in [3.8, 4) is 0 Å². The number of ether oxygens (including phenoxy) is 2. The van der Waals surface area contributed by atoms with Gasteiger partial charge in [-0.05, 0) is 72.0 Å². The number of aromatic amines is 1. The van der Waals surface area contributed by atoms with Gasteiger partial charge in [-0.3, -0.25) is 4.79 Å². The van der Waals surface area contributed by atoms with E-state index in [0.717, 1.165) is 0 Å². The summed E-state index contributed by atoms with van der Waals surface area (Å²) in [6.07, 6.45) is 2.72. The lowest BCUT2D eigenvalue weighted by Gasteiger charge is -2.32. The van der Waals surface area contributed by atoms with Gasteiger partial charge in [-0.25, -0.2) is 9.18 Å².